The summed E-state index contributed by atoms with van der Waals surface area (Å²) in [6.45, 7) is 8.27. The first-order chi connectivity index (χ1) is 32.0. The molecule has 6 atom stereocenters. The molecule has 0 saturated heterocycles. The van der Waals surface area contributed by atoms with Crippen LogP contribution >= 0.6 is 0 Å². The number of carbonyl (C=O) groups is 2. The second-order valence-corrected chi connectivity index (χ2v) is 16.4. The molecule has 6 rings (SSSR count). The van der Waals surface area contributed by atoms with Crippen LogP contribution in [-0.4, -0.2) is 97.0 Å². The Hall–Kier alpha value is -6.17. The number of amides is 2. The van der Waals surface area contributed by atoms with E-state index < -0.39 is 40.8 Å². The summed E-state index contributed by atoms with van der Waals surface area (Å²) in [4.78, 5) is 46.3. The maximum absolute atomic E-state index is 14.1. The number of ether oxygens (including phenoxy) is 6. The second-order valence-electron chi connectivity index (χ2n) is 16.4. The fraction of sp³-hybridized carbons (Fsp3) is 0.490. The maximum atomic E-state index is 14.1. The lowest BCUT2D eigenvalue weighted by atomic mass is 9.55. The number of oxime groups is 1. The number of unbranched alkanes of at least 4 members (excludes halogenated alkanes) is 2. The van der Waals surface area contributed by atoms with Gasteiger partial charge < -0.3 is 43.5 Å². The van der Waals surface area contributed by atoms with Crippen LogP contribution in [0.5, 0.6) is 23.0 Å². The highest BCUT2D eigenvalue weighted by atomic mass is 16.7. The van der Waals surface area contributed by atoms with Crippen molar-refractivity contribution < 1.29 is 58.0 Å². The molecule has 1 saturated carbocycles. The number of fused-ring (bicyclic) bond motifs is 2. The highest BCUT2D eigenvalue weighted by Crippen LogP contribution is 2.62. The first kappa shape index (κ1) is 49.3. The van der Waals surface area contributed by atoms with Crippen molar-refractivity contribution in [3.05, 3.63) is 106 Å². The normalized spacial score (nSPS) is 22.1. The van der Waals surface area contributed by atoms with E-state index in [1.54, 1.807) is 60.4 Å². The third kappa shape index (κ3) is 11.1. The minimum atomic E-state index is -1.52. The largest absolute Gasteiger partial charge is 0.497 e. The van der Waals surface area contributed by atoms with E-state index in [0.29, 0.717) is 72.9 Å². The van der Waals surface area contributed by atoms with Crippen LogP contribution in [0.2, 0.25) is 0 Å². The Morgan fingerprint density at radius 3 is 2.41 bits per heavy atom. The highest BCUT2D eigenvalue weighted by Gasteiger charge is 2.65. The molecule has 0 aromatic heterocycles. The lowest BCUT2D eigenvalue weighted by molar-refractivity contribution is -0.384. The minimum Gasteiger partial charge on any atom is -0.497 e. The van der Waals surface area contributed by atoms with Gasteiger partial charge in [-0.25, -0.2) is 9.59 Å². The van der Waals surface area contributed by atoms with Crippen molar-refractivity contribution in [2.45, 2.75) is 89.6 Å². The van der Waals surface area contributed by atoms with Gasteiger partial charge in [-0.05, 0) is 104 Å². The Kier molecular flexibility index (Phi) is 17.4. The predicted octanol–water partition coefficient (Wildman–Crippen LogP) is 8.93. The number of hydrogen-bond acceptors (Lipinski definition) is 14. The molecule has 356 valence electrons. The van der Waals surface area contributed by atoms with Crippen LogP contribution in [0.3, 0.4) is 0 Å². The minimum absolute atomic E-state index is 0.0103. The molecule has 3 aromatic carbocycles. The first-order valence-electron chi connectivity index (χ1n) is 22.6. The topological polar surface area (TPSA) is 210 Å². The molecule has 0 spiro atoms. The zero-order valence-electron chi connectivity index (χ0n) is 38.1. The van der Waals surface area contributed by atoms with Crippen LogP contribution in [0.15, 0.2) is 90.1 Å². The van der Waals surface area contributed by atoms with Crippen molar-refractivity contribution in [1.82, 2.24) is 4.90 Å². The number of aliphatic hydroxyl groups is 2. The molecular weight excluding hydrogens is 853 g/mol. The number of allylic oxidation sites excluding steroid dienone is 1. The Balaban J connectivity index is 1.52. The second kappa shape index (κ2) is 23.3. The molecule has 1 heterocycles. The molecule has 1 aliphatic heterocycles. The molecule has 3 aliphatic rings. The van der Waals surface area contributed by atoms with Crippen molar-refractivity contribution in [1.29, 1.82) is 0 Å². The summed E-state index contributed by atoms with van der Waals surface area (Å²) in [6.07, 6.45) is 7.32. The van der Waals surface area contributed by atoms with Crippen molar-refractivity contribution in [2.24, 2.45) is 22.9 Å². The fourth-order valence-electron chi connectivity index (χ4n) is 9.58. The Morgan fingerprint density at radius 2 is 1.74 bits per heavy atom. The van der Waals surface area contributed by atoms with Gasteiger partial charge in [0.1, 0.15) is 35.6 Å². The molecule has 0 radical (unpaired) electrons. The Labute approximate surface area is 385 Å². The van der Waals surface area contributed by atoms with Gasteiger partial charge in [0.15, 0.2) is 0 Å². The molecule has 17 nitrogen and oxygen atoms in total. The summed E-state index contributed by atoms with van der Waals surface area (Å²) in [6, 6.07) is 15.5. The van der Waals surface area contributed by atoms with Gasteiger partial charge in [0.05, 0.1) is 49.7 Å². The highest BCUT2D eigenvalue weighted by molar-refractivity contribution is 6.03. The molecule has 3 aromatic rings. The van der Waals surface area contributed by atoms with Crippen LogP contribution in [0.25, 0.3) is 0 Å². The fourth-order valence-corrected chi connectivity index (χ4v) is 9.58. The summed E-state index contributed by atoms with van der Waals surface area (Å²) in [5, 5.41) is 38.8. The number of rotatable bonds is 23. The molecule has 6 unspecified atom stereocenters. The summed E-state index contributed by atoms with van der Waals surface area (Å²) >= 11 is 0. The molecular formula is C49H62N4O13. The number of hydrogen-bond donors (Lipinski definition) is 3. The van der Waals surface area contributed by atoms with Crippen molar-refractivity contribution in [3.8, 4) is 23.0 Å². The van der Waals surface area contributed by atoms with E-state index in [0.717, 1.165) is 24.0 Å². The standard InChI is InChI=1S/C49H62N4O13/c1-6-23-52(48(57)62-8-3)44-30-41(51-64-31-32-15-17-34(18-16-32)53(58)59)38-27-33(13-9-11-24-54)37(14-10-12-25-55)45-39-28-36(20-22-42(39)66-49(44,46(38)45)63-26-7-2)65-47(56)50-40-21-19-35(60-4)29-43(40)61-5/h7,15-22,27-29,33,37,44-46,54-55H,2,6,8-14,23-26,30-31H2,1,3-5H3,(H,50,56). The molecule has 0 bridgehead atoms. The number of methoxy groups -OCH3 is 2. The van der Waals surface area contributed by atoms with Gasteiger partial charge in [-0.15, -0.1) is 6.58 Å². The first-order valence-corrected chi connectivity index (χ1v) is 22.6. The summed E-state index contributed by atoms with van der Waals surface area (Å²) < 4.78 is 36.7. The smallest absolute Gasteiger partial charge is 0.417 e. The summed E-state index contributed by atoms with van der Waals surface area (Å²) in [5.41, 5.74) is 3.11. The van der Waals surface area contributed by atoms with Gasteiger partial charge >= 0.3 is 12.2 Å². The van der Waals surface area contributed by atoms with Crippen LogP contribution < -0.4 is 24.3 Å². The number of nitro groups is 1. The number of nitrogens with one attached hydrogen (secondary N) is 1. The Bertz CT molecular complexity index is 2220. The van der Waals surface area contributed by atoms with E-state index in [2.05, 4.69) is 18.0 Å². The molecule has 2 aliphatic carbocycles. The van der Waals surface area contributed by atoms with E-state index in [4.69, 9.17) is 38.4 Å². The van der Waals surface area contributed by atoms with E-state index in [1.165, 1.54) is 26.4 Å². The Morgan fingerprint density at radius 1 is 1.00 bits per heavy atom. The summed E-state index contributed by atoms with van der Waals surface area (Å²) in [7, 11) is 3.02. The van der Waals surface area contributed by atoms with Crippen molar-refractivity contribution >= 4 is 29.3 Å². The van der Waals surface area contributed by atoms with E-state index in [1.807, 2.05) is 13.0 Å². The number of benzene rings is 3. The van der Waals surface area contributed by atoms with Crippen molar-refractivity contribution in [3.63, 3.8) is 0 Å². The number of nitrogens with zero attached hydrogens (tertiary/aromatic N) is 3. The number of non-ortho nitro benzene ring substituents is 1. The van der Waals surface area contributed by atoms with E-state index in [9.17, 15) is 29.9 Å². The van der Waals surface area contributed by atoms with Crippen molar-refractivity contribution in [2.75, 3.05) is 52.5 Å². The quantitative estimate of drug-likeness (QED) is 0.0352. The third-order valence-corrected chi connectivity index (χ3v) is 12.4. The predicted molar refractivity (Wildman–Crippen MR) is 246 cm³/mol. The van der Waals surface area contributed by atoms with Crippen LogP contribution in [0, 0.1) is 27.9 Å². The zero-order valence-corrected chi connectivity index (χ0v) is 38.1. The number of anilines is 1. The SMILES string of the molecule is C=CCOC12Oc3ccc(OC(=O)Nc4ccc(OC)cc4OC)cc3C3C(CCCCO)C(CCCCO)C=C(C(=NOCc4ccc([N+](=O)[O-])cc4)CC1N(CCC)C(=O)OCC)C32. The molecule has 66 heavy (non-hydrogen) atoms. The lowest BCUT2D eigenvalue weighted by Gasteiger charge is -2.59. The van der Waals surface area contributed by atoms with Crippen LogP contribution in [0.1, 0.15) is 82.3 Å². The summed E-state index contributed by atoms with van der Waals surface area (Å²) in [5.74, 6) is -1.03. The van der Waals surface area contributed by atoms with Crippen LogP contribution in [-0.2, 0) is 20.9 Å². The van der Waals surface area contributed by atoms with Gasteiger partial charge in [0, 0.05) is 55.9 Å². The molecule has 17 heteroatoms. The van der Waals surface area contributed by atoms with E-state index in [-0.39, 0.29) is 62.7 Å². The average Bonchev–Trinajstić information content (AvgIpc) is 3.31. The van der Waals surface area contributed by atoms with Gasteiger partial charge in [0.2, 0.25) is 5.79 Å². The number of carbonyl (C=O) groups excluding carboxylic acids is 2. The third-order valence-electron chi connectivity index (χ3n) is 12.4. The monoisotopic (exact) mass is 914 g/mol. The maximum Gasteiger partial charge on any atom is 0.417 e. The average molecular weight is 915 g/mol. The van der Waals surface area contributed by atoms with Gasteiger partial charge in [0.25, 0.3) is 5.69 Å². The van der Waals surface area contributed by atoms with Gasteiger partial charge in [-0.1, -0.05) is 37.1 Å². The van der Waals surface area contributed by atoms with Gasteiger partial charge in [-0.3, -0.25) is 20.3 Å². The molecule has 2 amide bonds. The number of nitro benzene ring substituents is 1. The lowest BCUT2D eigenvalue weighted by Crippen LogP contribution is -2.70. The molecule has 1 fully saturated rings. The van der Waals surface area contributed by atoms with E-state index >= 15 is 0 Å². The van der Waals surface area contributed by atoms with Gasteiger partial charge in [-0.2, -0.15) is 0 Å². The molecule has 3 N–H and O–H groups in total. The zero-order chi connectivity index (χ0) is 47.2. The van der Waals surface area contributed by atoms with Crippen LogP contribution in [0.4, 0.5) is 21.0 Å². The number of aliphatic hydroxyl groups excluding tert-OH is 2.